The molecule has 0 unspecified atom stereocenters. The molecule has 4 N–H and O–H groups in total. The maximum Gasteiger partial charge on any atom is 0.308 e. The van der Waals surface area contributed by atoms with E-state index < -0.39 is 5.97 Å². The van der Waals surface area contributed by atoms with Gasteiger partial charge in [0.15, 0.2) is 5.11 Å². The molecular formula is C7H12N2O2S. The predicted octanol–water partition coefficient (Wildman–Crippen LogP) is 0.0729. The molecule has 2 atom stereocenters. The minimum absolute atomic E-state index is 0.0694. The van der Waals surface area contributed by atoms with E-state index in [-0.39, 0.29) is 17.1 Å². The van der Waals surface area contributed by atoms with Crippen LogP contribution in [0.15, 0.2) is 0 Å². The summed E-state index contributed by atoms with van der Waals surface area (Å²) in [6, 6.07) is -0.0694. The standard InChI is InChI=1S/C7H12N2O2S/c8-7(12)9-5-3-1-2-4(5)6(10)11/h4-5H,1-3H2,(H,10,11)(H3,8,9,12)/t4-,5+/m1/s1. The van der Waals surface area contributed by atoms with Gasteiger partial charge in [-0.05, 0) is 25.1 Å². The van der Waals surface area contributed by atoms with Crippen molar-refractivity contribution in [3.63, 3.8) is 0 Å². The molecule has 4 nitrogen and oxygen atoms in total. The van der Waals surface area contributed by atoms with Gasteiger partial charge in [0.25, 0.3) is 0 Å². The first-order chi connectivity index (χ1) is 5.61. The summed E-state index contributed by atoms with van der Waals surface area (Å²) in [7, 11) is 0. The zero-order valence-corrected chi connectivity index (χ0v) is 7.43. The SMILES string of the molecule is NC(=S)N[C@H]1CCC[C@H]1C(=O)O. The van der Waals surface area contributed by atoms with Crippen LogP contribution in [0.25, 0.3) is 0 Å². The Hall–Kier alpha value is -0.840. The molecule has 0 aromatic carbocycles. The molecule has 0 bridgehead atoms. The summed E-state index contributed by atoms with van der Waals surface area (Å²) < 4.78 is 0. The van der Waals surface area contributed by atoms with E-state index in [1.165, 1.54) is 0 Å². The molecule has 1 rings (SSSR count). The van der Waals surface area contributed by atoms with Crippen LogP contribution in [0.2, 0.25) is 0 Å². The zero-order valence-electron chi connectivity index (χ0n) is 6.62. The lowest BCUT2D eigenvalue weighted by Crippen LogP contribution is -2.42. The van der Waals surface area contributed by atoms with Crippen LogP contribution in [0.1, 0.15) is 19.3 Å². The van der Waals surface area contributed by atoms with Gasteiger partial charge in [0.1, 0.15) is 0 Å². The van der Waals surface area contributed by atoms with Crippen molar-refractivity contribution in [2.24, 2.45) is 11.7 Å². The monoisotopic (exact) mass is 188 g/mol. The lowest BCUT2D eigenvalue weighted by atomic mass is 10.0. The second-order valence-corrected chi connectivity index (χ2v) is 3.43. The number of carbonyl (C=O) groups is 1. The molecule has 0 saturated heterocycles. The fraction of sp³-hybridized carbons (Fsp3) is 0.714. The highest BCUT2D eigenvalue weighted by Crippen LogP contribution is 2.25. The molecule has 5 heteroatoms. The smallest absolute Gasteiger partial charge is 0.308 e. The van der Waals surface area contributed by atoms with Crippen molar-refractivity contribution in [1.82, 2.24) is 5.32 Å². The van der Waals surface area contributed by atoms with Gasteiger partial charge in [0.2, 0.25) is 0 Å². The van der Waals surface area contributed by atoms with Gasteiger partial charge in [-0.2, -0.15) is 0 Å². The van der Waals surface area contributed by atoms with Crippen molar-refractivity contribution < 1.29 is 9.90 Å². The maximum absolute atomic E-state index is 10.7. The molecule has 1 aliphatic carbocycles. The normalized spacial score (nSPS) is 28.3. The van der Waals surface area contributed by atoms with Crippen LogP contribution in [-0.4, -0.2) is 22.2 Å². The second-order valence-electron chi connectivity index (χ2n) is 2.99. The highest BCUT2D eigenvalue weighted by molar-refractivity contribution is 7.80. The van der Waals surface area contributed by atoms with E-state index in [1.807, 2.05) is 0 Å². The molecule has 0 aromatic rings. The Bertz CT molecular complexity index is 208. The van der Waals surface area contributed by atoms with E-state index in [0.717, 1.165) is 19.3 Å². The van der Waals surface area contributed by atoms with Crippen molar-refractivity contribution in [2.75, 3.05) is 0 Å². The molecule has 0 spiro atoms. The van der Waals surface area contributed by atoms with Crippen LogP contribution in [0.3, 0.4) is 0 Å². The predicted molar refractivity (Wildman–Crippen MR) is 48.7 cm³/mol. The van der Waals surface area contributed by atoms with Gasteiger partial charge in [0.05, 0.1) is 5.92 Å². The van der Waals surface area contributed by atoms with Crippen LogP contribution in [0.4, 0.5) is 0 Å². The average Bonchev–Trinajstić information content (AvgIpc) is 2.33. The number of hydrogen-bond acceptors (Lipinski definition) is 2. The Morgan fingerprint density at radius 2 is 2.25 bits per heavy atom. The Balaban J connectivity index is 2.52. The van der Waals surface area contributed by atoms with Gasteiger partial charge in [-0.3, -0.25) is 4.79 Å². The molecule has 0 amide bonds. The lowest BCUT2D eigenvalue weighted by molar-refractivity contribution is -0.142. The number of carboxylic acids is 1. The van der Waals surface area contributed by atoms with Gasteiger partial charge in [0, 0.05) is 6.04 Å². The molecular weight excluding hydrogens is 176 g/mol. The van der Waals surface area contributed by atoms with Crippen molar-refractivity contribution in [2.45, 2.75) is 25.3 Å². The third-order valence-corrected chi connectivity index (χ3v) is 2.28. The molecule has 12 heavy (non-hydrogen) atoms. The summed E-state index contributed by atoms with van der Waals surface area (Å²) in [4.78, 5) is 10.7. The Morgan fingerprint density at radius 3 is 2.75 bits per heavy atom. The summed E-state index contributed by atoms with van der Waals surface area (Å²) in [5, 5.41) is 11.8. The highest BCUT2D eigenvalue weighted by Gasteiger charge is 2.32. The fourth-order valence-corrected chi connectivity index (χ4v) is 1.76. The third-order valence-electron chi connectivity index (χ3n) is 2.16. The van der Waals surface area contributed by atoms with Crippen molar-refractivity contribution >= 4 is 23.3 Å². The molecule has 0 radical (unpaired) electrons. The summed E-state index contributed by atoms with van der Waals surface area (Å²) in [6.07, 6.45) is 2.49. The first-order valence-electron chi connectivity index (χ1n) is 3.90. The van der Waals surface area contributed by atoms with E-state index in [1.54, 1.807) is 0 Å². The molecule has 0 heterocycles. The van der Waals surface area contributed by atoms with Crippen LogP contribution < -0.4 is 11.1 Å². The zero-order chi connectivity index (χ0) is 9.14. The molecule has 1 saturated carbocycles. The molecule has 68 valence electrons. The third kappa shape index (κ3) is 2.07. The van der Waals surface area contributed by atoms with E-state index in [0.29, 0.717) is 0 Å². The number of thiocarbonyl (C=S) groups is 1. The van der Waals surface area contributed by atoms with Gasteiger partial charge < -0.3 is 16.2 Å². The number of carboxylic acid groups (broad SMARTS) is 1. The van der Waals surface area contributed by atoms with Crippen LogP contribution >= 0.6 is 12.2 Å². The Labute approximate surface area is 76.1 Å². The lowest BCUT2D eigenvalue weighted by Gasteiger charge is -2.16. The Kier molecular flexibility index (Phi) is 2.86. The topological polar surface area (TPSA) is 75.3 Å². The average molecular weight is 188 g/mol. The van der Waals surface area contributed by atoms with Crippen molar-refractivity contribution in [3.8, 4) is 0 Å². The first-order valence-corrected chi connectivity index (χ1v) is 4.31. The molecule has 0 aliphatic heterocycles. The first kappa shape index (κ1) is 9.25. The highest BCUT2D eigenvalue weighted by atomic mass is 32.1. The summed E-state index contributed by atoms with van der Waals surface area (Å²) >= 11 is 4.65. The largest absolute Gasteiger partial charge is 0.481 e. The van der Waals surface area contributed by atoms with Crippen LogP contribution in [0, 0.1) is 5.92 Å². The number of hydrogen-bond donors (Lipinski definition) is 3. The number of rotatable bonds is 2. The van der Waals surface area contributed by atoms with E-state index in [9.17, 15) is 4.79 Å². The van der Waals surface area contributed by atoms with E-state index >= 15 is 0 Å². The van der Waals surface area contributed by atoms with Gasteiger partial charge >= 0.3 is 5.97 Å². The second kappa shape index (κ2) is 3.71. The van der Waals surface area contributed by atoms with Gasteiger partial charge in [-0.15, -0.1) is 0 Å². The minimum atomic E-state index is -0.763. The van der Waals surface area contributed by atoms with Crippen LogP contribution in [0.5, 0.6) is 0 Å². The number of nitrogens with one attached hydrogen (secondary N) is 1. The molecule has 1 aliphatic rings. The van der Waals surface area contributed by atoms with Crippen molar-refractivity contribution in [3.05, 3.63) is 0 Å². The summed E-state index contributed by atoms with van der Waals surface area (Å²) in [6.45, 7) is 0. The van der Waals surface area contributed by atoms with Gasteiger partial charge in [-0.1, -0.05) is 6.42 Å². The number of aliphatic carboxylic acids is 1. The van der Waals surface area contributed by atoms with E-state index in [4.69, 9.17) is 10.8 Å². The minimum Gasteiger partial charge on any atom is -0.481 e. The van der Waals surface area contributed by atoms with E-state index in [2.05, 4.69) is 17.5 Å². The van der Waals surface area contributed by atoms with Crippen molar-refractivity contribution in [1.29, 1.82) is 0 Å². The maximum atomic E-state index is 10.7. The summed E-state index contributed by atoms with van der Waals surface area (Å²) in [5.74, 6) is -1.09. The molecule has 0 aromatic heterocycles. The fourth-order valence-electron chi connectivity index (χ4n) is 1.61. The molecule has 1 fully saturated rings. The van der Waals surface area contributed by atoms with Gasteiger partial charge in [-0.25, -0.2) is 0 Å². The quantitative estimate of drug-likeness (QED) is 0.535. The summed E-state index contributed by atoms with van der Waals surface area (Å²) in [5.41, 5.74) is 5.26. The van der Waals surface area contributed by atoms with Crippen LogP contribution in [-0.2, 0) is 4.79 Å². The number of nitrogens with two attached hydrogens (primary N) is 1. The Morgan fingerprint density at radius 1 is 1.58 bits per heavy atom.